The van der Waals surface area contributed by atoms with Crippen molar-refractivity contribution in [3.8, 4) is 0 Å². The number of halogens is 4. The third-order valence-corrected chi connectivity index (χ3v) is 7.07. The molecule has 2 aliphatic rings. The van der Waals surface area contributed by atoms with Crippen molar-refractivity contribution >= 4 is 17.7 Å². The van der Waals surface area contributed by atoms with E-state index in [2.05, 4.69) is 21.2 Å². The molecule has 4 N–H and O–H groups in total. The lowest BCUT2D eigenvalue weighted by Crippen LogP contribution is -2.52. The Morgan fingerprint density at radius 2 is 1.92 bits per heavy atom. The summed E-state index contributed by atoms with van der Waals surface area (Å²) in [7, 11) is 0. The molecule has 0 spiro atoms. The van der Waals surface area contributed by atoms with Crippen LogP contribution in [0.15, 0.2) is 36.4 Å². The molecule has 1 aromatic heterocycles. The summed E-state index contributed by atoms with van der Waals surface area (Å²) in [6, 6.07) is 6.75. The molecule has 2 aromatic rings. The number of piperidine rings is 1. The molecule has 8 nitrogen and oxygen atoms in total. The Morgan fingerprint density at radius 1 is 1.19 bits per heavy atom. The van der Waals surface area contributed by atoms with Crippen molar-refractivity contribution in [3.05, 3.63) is 59.0 Å². The molecular weight excluding hydrogens is 494 g/mol. The van der Waals surface area contributed by atoms with Crippen LogP contribution in [0, 0.1) is 11.2 Å². The normalized spacial score (nSPS) is 26.2. The minimum atomic E-state index is -4.71. The fourth-order valence-corrected chi connectivity index (χ4v) is 5.13. The number of alkyl halides is 3. The van der Waals surface area contributed by atoms with Crippen molar-refractivity contribution in [1.29, 1.82) is 0 Å². The summed E-state index contributed by atoms with van der Waals surface area (Å²) < 4.78 is 55.1. The molecule has 2 unspecified atom stereocenters. The Bertz CT molecular complexity index is 1180. The summed E-state index contributed by atoms with van der Waals surface area (Å²) in [4.78, 5) is 31.1. The van der Waals surface area contributed by atoms with E-state index in [0.717, 1.165) is 18.6 Å². The fourth-order valence-electron chi connectivity index (χ4n) is 5.13. The van der Waals surface area contributed by atoms with Crippen LogP contribution in [0.5, 0.6) is 0 Å². The quantitative estimate of drug-likeness (QED) is 0.427. The lowest BCUT2D eigenvalue weighted by atomic mass is 9.72. The van der Waals surface area contributed by atoms with Crippen molar-refractivity contribution in [2.45, 2.75) is 64.0 Å². The molecule has 12 heteroatoms. The van der Waals surface area contributed by atoms with E-state index in [-0.39, 0.29) is 43.7 Å². The van der Waals surface area contributed by atoms with Gasteiger partial charge in [0, 0.05) is 25.0 Å². The monoisotopic (exact) mass is 523 g/mol. The second-order valence-corrected chi connectivity index (χ2v) is 9.85. The van der Waals surface area contributed by atoms with Crippen molar-refractivity contribution in [2.75, 3.05) is 11.9 Å². The number of aromatic nitrogens is 1. The molecule has 4 atom stereocenters. The molecule has 200 valence electrons. The summed E-state index contributed by atoms with van der Waals surface area (Å²) in [6.07, 6.45) is -4.43. The van der Waals surface area contributed by atoms with Gasteiger partial charge in [0.1, 0.15) is 11.6 Å². The van der Waals surface area contributed by atoms with Crippen LogP contribution >= 0.6 is 0 Å². The van der Waals surface area contributed by atoms with Crippen LogP contribution in [-0.4, -0.2) is 51.7 Å². The van der Waals surface area contributed by atoms with Gasteiger partial charge in [-0.15, -0.1) is 0 Å². The highest BCUT2D eigenvalue weighted by atomic mass is 19.4. The molecule has 2 saturated heterocycles. The van der Waals surface area contributed by atoms with Gasteiger partial charge in [0.25, 0.3) is 5.91 Å². The number of nitrogens with zero attached hydrogens (tertiary/aromatic N) is 2. The van der Waals surface area contributed by atoms with Crippen LogP contribution in [0.1, 0.15) is 54.7 Å². The van der Waals surface area contributed by atoms with E-state index >= 15 is 0 Å². The minimum Gasteiger partial charge on any atom is -0.481 e. The largest absolute Gasteiger partial charge is 0.481 e. The third-order valence-electron chi connectivity index (χ3n) is 7.07. The summed E-state index contributed by atoms with van der Waals surface area (Å²) in [6.45, 7) is 3.50. The molecule has 0 saturated carbocycles. The van der Waals surface area contributed by atoms with Gasteiger partial charge in [0.05, 0.1) is 28.4 Å². The first-order valence-corrected chi connectivity index (χ1v) is 12.0. The van der Waals surface area contributed by atoms with Crippen LogP contribution in [0.4, 0.5) is 23.4 Å². The average Bonchev–Trinajstić information content (AvgIpc) is 3.24. The summed E-state index contributed by atoms with van der Waals surface area (Å²) in [5, 5.41) is 13.3. The zero-order valence-corrected chi connectivity index (χ0v) is 20.4. The zero-order chi connectivity index (χ0) is 27.0. The number of benzene rings is 1. The Balaban J connectivity index is 1.53. The topological polar surface area (TPSA) is 107 Å². The first-order valence-electron chi connectivity index (χ1n) is 12.0. The first kappa shape index (κ1) is 26.8. The van der Waals surface area contributed by atoms with Gasteiger partial charge in [-0.2, -0.15) is 13.2 Å². The maximum atomic E-state index is 14.7. The molecule has 3 heterocycles. The van der Waals surface area contributed by atoms with Crippen molar-refractivity contribution < 1.29 is 32.3 Å². The highest BCUT2D eigenvalue weighted by molar-refractivity contribution is 5.96. The molecule has 37 heavy (non-hydrogen) atoms. The molecule has 2 fully saturated rings. The van der Waals surface area contributed by atoms with Crippen LogP contribution < -0.4 is 16.2 Å². The van der Waals surface area contributed by atoms with Gasteiger partial charge < -0.3 is 15.3 Å². The second kappa shape index (κ2) is 10.3. The van der Waals surface area contributed by atoms with Crippen LogP contribution in [0.2, 0.25) is 0 Å². The lowest BCUT2D eigenvalue weighted by molar-refractivity contribution is -0.153. The number of carboxylic acid groups (broad SMARTS) is 1. The SMILES string of the molecule is CC1CC(Nc2ccc(F)c(C[C@@]3(C(=O)O)CCN(C(=O)c4ccccc4C(F)(F)F)[C@H](C)C3)n2)NN1. The van der Waals surface area contributed by atoms with E-state index in [1.165, 1.54) is 29.2 Å². The number of pyridine rings is 1. The lowest BCUT2D eigenvalue weighted by Gasteiger charge is -2.43. The maximum Gasteiger partial charge on any atom is 0.417 e. The number of likely N-dealkylation sites (tertiary alicyclic amines) is 1. The smallest absolute Gasteiger partial charge is 0.417 e. The Hall–Kier alpha value is -3.25. The molecule has 0 bridgehead atoms. The number of aliphatic carboxylic acids is 1. The Morgan fingerprint density at radius 3 is 2.54 bits per heavy atom. The fraction of sp³-hybridized carbons (Fsp3) is 0.480. The number of rotatable bonds is 6. The second-order valence-electron chi connectivity index (χ2n) is 9.85. The van der Waals surface area contributed by atoms with Gasteiger partial charge in [-0.25, -0.2) is 14.8 Å². The number of hydrogen-bond acceptors (Lipinski definition) is 6. The molecule has 1 amide bonds. The van der Waals surface area contributed by atoms with E-state index in [1.807, 2.05) is 6.92 Å². The summed E-state index contributed by atoms with van der Waals surface area (Å²) in [5.41, 5.74) is 3.11. The zero-order valence-electron chi connectivity index (χ0n) is 20.4. The number of nitrogens with one attached hydrogen (secondary N) is 3. The Kier molecular flexibility index (Phi) is 7.43. The van der Waals surface area contributed by atoms with Gasteiger partial charge in [-0.3, -0.25) is 15.0 Å². The van der Waals surface area contributed by atoms with Gasteiger partial charge >= 0.3 is 12.1 Å². The van der Waals surface area contributed by atoms with Crippen molar-refractivity contribution in [1.82, 2.24) is 20.7 Å². The van der Waals surface area contributed by atoms with Crippen LogP contribution in [-0.2, 0) is 17.4 Å². The van der Waals surface area contributed by atoms with E-state index in [9.17, 15) is 32.3 Å². The van der Waals surface area contributed by atoms with Crippen molar-refractivity contribution in [2.24, 2.45) is 5.41 Å². The minimum absolute atomic E-state index is 0.0270. The average molecular weight is 524 g/mol. The molecule has 4 rings (SSSR count). The van der Waals surface area contributed by atoms with Gasteiger partial charge in [-0.1, -0.05) is 12.1 Å². The number of hydrazine groups is 1. The Labute approximate surface area is 211 Å². The van der Waals surface area contributed by atoms with Gasteiger partial charge in [0.15, 0.2) is 0 Å². The summed E-state index contributed by atoms with van der Waals surface area (Å²) in [5.74, 6) is -2.25. The number of hydrogen-bond donors (Lipinski definition) is 4. The molecule has 0 aliphatic carbocycles. The number of carboxylic acids is 1. The number of carbonyl (C=O) groups is 2. The molecule has 1 aromatic carbocycles. The highest BCUT2D eigenvalue weighted by Crippen LogP contribution is 2.40. The standard InChI is InChI=1S/C25H29F4N5O3/c1-14-11-21(33-32-14)31-20-8-7-18(26)19(30-20)13-24(23(36)37)9-10-34(15(2)12-24)22(35)16-5-3-4-6-17(16)25(27,28)29/h3-8,14-15,21,32-33H,9-13H2,1-2H3,(H,30,31)(H,36,37)/t14?,15-,21?,24-/m1/s1. The van der Waals surface area contributed by atoms with Gasteiger partial charge in [-0.05, 0) is 57.4 Å². The maximum absolute atomic E-state index is 14.7. The molecule has 2 aliphatic heterocycles. The highest BCUT2D eigenvalue weighted by Gasteiger charge is 2.47. The van der Waals surface area contributed by atoms with E-state index in [0.29, 0.717) is 5.82 Å². The summed E-state index contributed by atoms with van der Waals surface area (Å²) >= 11 is 0. The van der Waals surface area contributed by atoms with Crippen molar-refractivity contribution in [3.63, 3.8) is 0 Å². The number of amides is 1. The first-order chi connectivity index (χ1) is 17.4. The van der Waals surface area contributed by atoms with Crippen LogP contribution in [0.25, 0.3) is 0 Å². The predicted octanol–water partition coefficient (Wildman–Crippen LogP) is 3.80. The predicted molar refractivity (Wildman–Crippen MR) is 127 cm³/mol. The van der Waals surface area contributed by atoms with E-state index < -0.39 is 46.5 Å². The third kappa shape index (κ3) is 5.69. The number of anilines is 1. The number of carbonyl (C=O) groups excluding carboxylic acids is 1. The molecular formula is C25H29F4N5O3. The van der Waals surface area contributed by atoms with Gasteiger partial charge in [0.2, 0.25) is 0 Å². The molecule has 0 radical (unpaired) electrons. The van der Waals surface area contributed by atoms with E-state index in [1.54, 1.807) is 6.92 Å². The van der Waals surface area contributed by atoms with Crippen LogP contribution in [0.3, 0.4) is 0 Å². The van der Waals surface area contributed by atoms with E-state index in [4.69, 9.17) is 0 Å².